The number of nitrogens with zero attached hydrogens (tertiary/aromatic N) is 1. The fraction of sp³-hybridized carbons (Fsp3) is 0.929. The van der Waals surface area contributed by atoms with E-state index in [0.717, 1.165) is 37.8 Å². The first kappa shape index (κ1) is 14.1. The zero-order chi connectivity index (χ0) is 12.2. The van der Waals surface area contributed by atoms with Crippen molar-refractivity contribution in [1.82, 2.24) is 4.90 Å². The summed E-state index contributed by atoms with van der Waals surface area (Å²) in [5.41, 5.74) is 6.27. The molecule has 2 saturated carbocycles. The maximum Gasteiger partial charge on any atom is 0.226 e. The van der Waals surface area contributed by atoms with Crippen molar-refractivity contribution in [2.45, 2.75) is 33.1 Å². The summed E-state index contributed by atoms with van der Waals surface area (Å²) in [7, 11) is 0. The van der Waals surface area contributed by atoms with E-state index < -0.39 is 0 Å². The van der Waals surface area contributed by atoms with Crippen LogP contribution in [-0.2, 0) is 4.79 Å². The van der Waals surface area contributed by atoms with Gasteiger partial charge < -0.3 is 10.6 Å². The molecule has 104 valence electrons. The highest BCUT2D eigenvalue weighted by Crippen LogP contribution is 2.62. The van der Waals surface area contributed by atoms with Crippen molar-refractivity contribution in [2.75, 3.05) is 19.6 Å². The Morgan fingerprint density at radius 3 is 2.44 bits per heavy atom. The maximum absolute atomic E-state index is 12.5. The van der Waals surface area contributed by atoms with Crippen LogP contribution in [0, 0.1) is 29.1 Å². The van der Waals surface area contributed by atoms with E-state index in [4.69, 9.17) is 5.73 Å². The molecule has 0 aromatic carbocycles. The van der Waals surface area contributed by atoms with Crippen LogP contribution in [0.3, 0.4) is 0 Å². The molecule has 0 spiro atoms. The summed E-state index contributed by atoms with van der Waals surface area (Å²) >= 11 is 0. The fourth-order valence-electron chi connectivity index (χ4n) is 4.19. The third-order valence-electron chi connectivity index (χ3n) is 5.71. The number of carbonyl (C=O) groups is 1. The molecule has 0 aromatic rings. The van der Waals surface area contributed by atoms with E-state index in [1.165, 1.54) is 6.42 Å². The Kier molecular flexibility index (Phi) is 3.67. The topological polar surface area (TPSA) is 46.3 Å². The highest BCUT2D eigenvalue weighted by molar-refractivity contribution is 5.85. The summed E-state index contributed by atoms with van der Waals surface area (Å²) in [6.07, 6.45) is 3.40. The number of hydrogen-bond acceptors (Lipinski definition) is 2. The summed E-state index contributed by atoms with van der Waals surface area (Å²) in [6.45, 7) is 7.36. The van der Waals surface area contributed by atoms with Gasteiger partial charge in [0.15, 0.2) is 0 Å². The molecule has 3 fully saturated rings. The van der Waals surface area contributed by atoms with Crippen molar-refractivity contribution in [3.8, 4) is 0 Å². The quantitative estimate of drug-likeness (QED) is 0.835. The molecule has 1 amide bonds. The highest BCUT2D eigenvalue weighted by atomic mass is 35.5. The number of carbonyl (C=O) groups excluding carboxylic acids is 1. The molecule has 3 aliphatic rings. The lowest BCUT2D eigenvalue weighted by Crippen LogP contribution is -2.39. The molecule has 2 N–H and O–H groups in total. The largest absolute Gasteiger partial charge is 0.342 e. The smallest absolute Gasteiger partial charge is 0.226 e. The van der Waals surface area contributed by atoms with Crippen molar-refractivity contribution in [3.05, 3.63) is 0 Å². The first-order valence-corrected chi connectivity index (χ1v) is 7.04. The molecular formula is C14H25ClN2O. The molecule has 0 radical (unpaired) electrons. The summed E-state index contributed by atoms with van der Waals surface area (Å²) in [5.74, 6) is 2.63. The maximum atomic E-state index is 12.5. The number of rotatable bonds is 2. The highest BCUT2D eigenvalue weighted by Gasteiger charge is 2.63. The van der Waals surface area contributed by atoms with Crippen molar-refractivity contribution in [1.29, 1.82) is 0 Å². The van der Waals surface area contributed by atoms with E-state index in [1.54, 1.807) is 0 Å². The van der Waals surface area contributed by atoms with Gasteiger partial charge in [0.2, 0.25) is 5.91 Å². The number of amides is 1. The van der Waals surface area contributed by atoms with E-state index in [-0.39, 0.29) is 18.3 Å². The van der Waals surface area contributed by atoms with E-state index in [9.17, 15) is 4.79 Å². The lowest BCUT2D eigenvalue weighted by molar-refractivity contribution is -0.136. The van der Waals surface area contributed by atoms with Gasteiger partial charge in [-0.1, -0.05) is 20.3 Å². The van der Waals surface area contributed by atoms with Crippen LogP contribution in [0.4, 0.5) is 0 Å². The van der Waals surface area contributed by atoms with Gasteiger partial charge in [-0.25, -0.2) is 0 Å². The molecule has 0 bridgehead atoms. The summed E-state index contributed by atoms with van der Waals surface area (Å²) in [4.78, 5) is 14.6. The molecule has 4 heteroatoms. The molecule has 2 unspecified atom stereocenters. The van der Waals surface area contributed by atoms with Crippen LogP contribution in [0.1, 0.15) is 33.1 Å². The van der Waals surface area contributed by atoms with Gasteiger partial charge in [0.1, 0.15) is 0 Å². The number of nitrogens with two attached hydrogens (primary N) is 1. The molecule has 1 saturated heterocycles. The van der Waals surface area contributed by atoms with Crippen molar-refractivity contribution >= 4 is 18.3 Å². The standard InChI is InChI=1S/C14H24N2O.ClH/c1-14(2)11-7-16(8-12(11)14)13(17)10-5-3-4-9(10)6-15;/h9-12H,3-8,15H2,1-2H3;1H/t9-,10-,11?,12?;/m1./s1. The van der Waals surface area contributed by atoms with Crippen LogP contribution in [-0.4, -0.2) is 30.4 Å². The Morgan fingerprint density at radius 1 is 1.28 bits per heavy atom. The Balaban J connectivity index is 0.00000120. The Labute approximate surface area is 116 Å². The van der Waals surface area contributed by atoms with Gasteiger partial charge in [-0.3, -0.25) is 4.79 Å². The molecule has 1 heterocycles. The van der Waals surface area contributed by atoms with Gasteiger partial charge in [0.05, 0.1) is 0 Å². The van der Waals surface area contributed by atoms with Crippen LogP contribution < -0.4 is 5.73 Å². The monoisotopic (exact) mass is 272 g/mol. The molecular weight excluding hydrogens is 248 g/mol. The molecule has 3 rings (SSSR count). The predicted molar refractivity (Wildman–Crippen MR) is 74.5 cm³/mol. The van der Waals surface area contributed by atoms with Crippen molar-refractivity contribution in [2.24, 2.45) is 34.8 Å². The first-order valence-electron chi connectivity index (χ1n) is 7.04. The average molecular weight is 273 g/mol. The Hall–Kier alpha value is -0.280. The second kappa shape index (κ2) is 4.68. The van der Waals surface area contributed by atoms with Gasteiger partial charge in [-0.05, 0) is 42.6 Å². The molecule has 4 atom stereocenters. The SMILES string of the molecule is CC1(C)C2CN(C(=O)[C@@H]3CCC[C@@H]3CN)CC21.Cl. The summed E-state index contributed by atoms with van der Waals surface area (Å²) in [5, 5.41) is 0. The summed E-state index contributed by atoms with van der Waals surface area (Å²) < 4.78 is 0. The van der Waals surface area contributed by atoms with Crippen LogP contribution in [0.2, 0.25) is 0 Å². The van der Waals surface area contributed by atoms with Gasteiger partial charge in [0, 0.05) is 19.0 Å². The van der Waals surface area contributed by atoms with E-state index in [2.05, 4.69) is 18.7 Å². The van der Waals surface area contributed by atoms with Crippen molar-refractivity contribution < 1.29 is 4.79 Å². The van der Waals surface area contributed by atoms with Gasteiger partial charge in [-0.15, -0.1) is 12.4 Å². The number of fused-ring (bicyclic) bond motifs is 1. The second-order valence-electron chi connectivity index (χ2n) is 6.81. The van der Waals surface area contributed by atoms with E-state index in [1.807, 2.05) is 0 Å². The van der Waals surface area contributed by atoms with Gasteiger partial charge >= 0.3 is 0 Å². The predicted octanol–water partition coefficient (Wildman–Crippen LogP) is 1.90. The number of hydrogen-bond donors (Lipinski definition) is 1. The second-order valence-corrected chi connectivity index (χ2v) is 6.81. The minimum Gasteiger partial charge on any atom is -0.342 e. The van der Waals surface area contributed by atoms with Gasteiger partial charge in [0.25, 0.3) is 0 Å². The lowest BCUT2D eigenvalue weighted by atomic mass is 9.94. The summed E-state index contributed by atoms with van der Waals surface area (Å²) in [6, 6.07) is 0. The zero-order valence-electron chi connectivity index (χ0n) is 11.4. The molecule has 2 aliphatic carbocycles. The Bertz CT molecular complexity index is 331. The van der Waals surface area contributed by atoms with Crippen LogP contribution in [0.5, 0.6) is 0 Å². The molecule has 0 aromatic heterocycles. The zero-order valence-corrected chi connectivity index (χ0v) is 12.2. The van der Waals surface area contributed by atoms with Crippen molar-refractivity contribution in [3.63, 3.8) is 0 Å². The minimum atomic E-state index is 0. The fourth-order valence-corrected chi connectivity index (χ4v) is 4.19. The van der Waals surface area contributed by atoms with E-state index >= 15 is 0 Å². The Morgan fingerprint density at radius 2 is 1.89 bits per heavy atom. The molecule has 18 heavy (non-hydrogen) atoms. The van der Waals surface area contributed by atoms with Crippen LogP contribution in [0.25, 0.3) is 0 Å². The number of piperidine rings is 1. The first-order chi connectivity index (χ1) is 8.05. The van der Waals surface area contributed by atoms with Gasteiger partial charge in [-0.2, -0.15) is 0 Å². The number of halogens is 1. The molecule has 1 aliphatic heterocycles. The van der Waals surface area contributed by atoms with Crippen LogP contribution in [0.15, 0.2) is 0 Å². The lowest BCUT2D eigenvalue weighted by Gasteiger charge is -2.27. The normalized spacial score (nSPS) is 40.3. The third kappa shape index (κ3) is 1.96. The third-order valence-corrected chi connectivity index (χ3v) is 5.71. The average Bonchev–Trinajstić information content (AvgIpc) is 2.80. The number of likely N-dealkylation sites (tertiary alicyclic amines) is 1. The van der Waals surface area contributed by atoms with E-state index in [0.29, 0.717) is 23.8 Å². The van der Waals surface area contributed by atoms with Crippen LogP contribution >= 0.6 is 12.4 Å². The minimum absolute atomic E-state index is 0. The molecule has 3 nitrogen and oxygen atoms in total.